The summed E-state index contributed by atoms with van der Waals surface area (Å²) < 4.78 is 29.7. The summed E-state index contributed by atoms with van der Waals surface area (Å²) in [5.41, 5.74) is 5.74. The maximum Gasteiger partial charge on any atom is 0.140 e. The summed E-state index contributed by atoms with van der Waals surface area (Å²) >= 11 is 0. The largest absolute Gasteiger partial charge is 0.367 e. The average Bonchev–Trinajstić information content (AvgIpc) is 3.38. The third-order valence-corrected chi connectivity index (χ3v) is 5.69. The first kappa shape index (κ1) is 24.5. The summed E-state index contributed by atoms with van der Waals surface area (Å²) in [4.78, 5) is 9.07. The zero-order valence-corrected chi connectivity index (χ0v) is 21.4. The van der Waals surface area contributed by atoms with E-state index in [4.69, 9.17) is 0 Å². The van der Waals surface area contributed by atoms with Gasteiger partial charge in [0.15, 0.2) is 0 Å². The van der Waals surface area contributed by atoms with Gasteiger partial charge in [-0.25, -0.2) is 9.37 Å². The van der Waals surface area contributed by atoms with E-state index in [1.165, 1.54) is 24.3 Å². The van der Waals surface area contributed by atoms with E-state index in [1.807, 2.05) is 71.8 Å². The van der Waals surface area contributed by atoms with Gasteiger partial charge >= 0.3 is 0 Å². The van der Waals surface area contributed by atoms with Crippen LogP contribution in [0.25, 0.3) is 44.8 Å². The molecule has 1 radical (unpaired) electrons. The fourth-order valence-electron chi connectivity index (χ4n) is 3.93. The van der Waals surface area contributed by atoms with Crippen LogP contribution >= 0.6 is 0 Å². The molecule has 7 heteroatoms. The Morgan fingerprint density at radius 3 is 1.69 bits per heavy atom. The van der Waals surface area contributed by atoms with Crippen molar-refractivity contribution in [3.05, 3.63) is 109 Å². The summed E-state index contributed by atoms with van der Waals surface area (Å²) in [7, 11) is 3.91. The first-order valence-electron chi connectivity index (χ1n) is 10.8. The zero-order valence-electron chi connectivity index (χ0n) is 19.0. The van der Waals surface area contributed by atoms with Crippen LogP contribution in [-0.4, -0.2) is 19.1 Å². The Hall–Kier alpha value is -3.67. The van der Waals surface area contributed by atoms with Crippen LogP contribution in [0, 0.1) is 17.7 Å². The number of nitrogens with zero attached hydrogens (tertiary/aromatic N) is 4. The number of benzene rings is 4. The van der Waals surface area contributed by atoms with Gasteiger partial charge in [0.2, 0.25) is 0 Å². The molecule has 0 saturated heterocycles. The molecule has 35 heavy (non-hydrogen) atoms. The Kier molecular flexibility index (Phi) is 7.20. The maximum atomic E-state index is 12.9. The molecular formula is C28H21F2IrN4-. The molecule has 0 fully saturated rings. The molecule has 2 heterocycles. The van der Waals surface area contributed by atoms with Crippen molar-refractivity contribution in [1.29, 1.82) is 0 Å². The number of aryl methyl sites for hydroxylation is 2. The summed E-state index contributed by atoms with van der Waals surface area (Å²) in [6, 6.07) is 29.6. The number of para-hydroxylation sites is 4. The Morgan fingerprint density at radius 2 is 1.14 bits per heavy atom. The predicted molar refractivity (Wildman–Crippen MR) is 131 cm³/mol. The number of rotatable bonds is 2. The number of halogens is 2. The Labute approximate surface area is 215 Å². The van der Waals surface area contributed by atoms with Crippen LogP contribution in [0.5, 0.6) is 0 Å². The van der Waals surface area contributed by atoms with Gasteiger partial charge in [-0.3, -0.25) is 9.37 Å². The minimum Gasteiger partial charge on any atom is -0.367 e. The van der Waals surface area contributed by atoms with Crippen molar-refractivity contribution in [2.45, 2.75) is 0 Å². The number of aromatic nitrogens is 4. The van der Waals surface area contributed by atoms with E-state index >= 15 is 0 Å². The van der Waals surface area contributed by atoms with Gasteiger partial charge in [0, 0.05) is 45.6 Å². The van der Waals surface area contributed by atoms with Crippen LogP contribution in [0.4, 0.5) is 8.78 Å². The first-order valence-corrected chi connectivity index (χ1v) is 10.8. The summed E-state index contributed by atoms with van der Waals surface area (Å²) in [6.07, 6.45) is 0. The van der Waals surface area contributed by atoms with Gasteiger partial charge in [-0.1, -0.05) is 24.3 Å². The summed E-state index contributed by atoms with van der Waals surface area (Å²) in [5.74, 6) is 1.14. The second-order valence-electron chi connectivity index (χ2n) is 7.89. The van der Waals surface area contributed by atoms with E-state index in [1.54, 1.807) is 18.2 Å². The molecule has 0 aliphatic carbocycles. The molecular weight excluding hydrogens is 623 g/mol. The van der Waals surface area contributed by atoms with E-state index in [-0.39, 0.29) is 31.7 Å². The van der Waals surface area contributed by atoms with Crippen molar-refractivity contribution >= 4 is 22.1 Å². The predicted octanol–water partition coefficient (Wildman–Crippen LogP) is 6.56. The Morgan fingerprint density at radius 1 is 0.629 bits per heavy atom. The van der Waals surface area contributed by atoms with Gasteiger partial charge < -0.3 is 9.13 Å². The maximum absolute atomic E-state index is 12.9. The van der Waals surface area contributed by atoms with Crippen molar-refractivity contribution in [3.63, 3.8) is 0 Å². The van der Waals surface area contributed by atoms with E-state index in [2.05, 4.69) is 16.0 Å². The van der Waals surface area contributed by atoms with Gasteiger partial charge in [0.05, 0.1) is 27.9 Å². The number of hydrogen-bond acceptors (Lipinski definition) is 2. The number of fused-ring (bicyclic) bond motifs is 2. The smallest absolute Gasteiger partial charge is 0.140 e. The minimum absolute atomic E-state index is 0. The molecule has 177 valence electrons. The quantitative estimate of drug-likeness (QED) is 0.201. The fraction of sp³-hybridized carbons (Fsp3) is 0.0714. The summed E-state index contributed by atoms with van der Waals surface area (Å²) in [6.45, 7) is 0. The van der Waals surface area contributed by atoms with Gasteiger partial charge in [0.25, 0.3) is 0 Å². The van der Waals surface area contributed by atoms with Gasteiger partial charge in [-0.2, -0.15) is 0 Å². The van der Waals surface area contributed by atoms with Crippen LogP contribution in [0.1, 0.15) is 0 Å². The van der Waals surface area contributed by atoms with E-state index < -0.39 is 0 Å². The third kappa shape index (κ3) is 4.92. The van der Waals surface area contributed by atoms with Crippen molar-refractivity contribution in [1.82, 2.24) is 19.1 Å². The number of hydrogen-bond donors (Lipinski definition) is 0. The second kappa shape index (κ2) is 10.3. The second-order valence-corrected chi connectivity index (χ2v) is 7.89. The van der Waals surface area contributed by atoms with Crippen LogP contribution in [0.2, 0.25) is 0 Å². The first-order chi connectivity index (χ1) is 16.5. The van der Waals surface area contributed by atoms with Crippen LogP contribution in [0.15, 0.2) is 91.0 Å². The Balaban J connectivity index is 0.000000160. The van der Waals surface area contributed by atoms with Gasteiger partial charge in [-0.15, -0.1) is 29.8 Å². The van der Waals surface area contributed by atoms with E-state index in [0.29, 0.717) is 0 Å². The van der Waals surface area contributed by atoms with Crippen LogP contribution in [0.3, 0.4) is 0 Å². The third-order valence-electron chi connectivity index (χ3n) is 5.69. The van der Waals surface area contributed by atoms with Gasteiger partial charge in [-0.05, 0) is 48.5 Å². The molecule has 0 bridgehead atoms. The molecule has 0 spiro atoms. The van der Waals surface area contributed by atoms with Crippen LogP contribution < -0.4 is 0 Å². The molecule has 2 aromatic heterocycles. The molecule has 0 atom stereocenters. The van der Waals surface area contributed by atoms with Gasteiger partial charge in [0.1, 0.15) is 11.6 Å². The topological polar surface area (TPSA) is 35.6 Å². The minimum atomic E-state index is -0.285. The SMILES string of the molecule is Cn1c(-c2[c-]cc(F)cc2)nc2ccccc21.Cn1c(-c2ccc(F)cc2)nc2ccccc21.[Ir]. The monoisotopic (exact) mass is 644 g/mol. The van der Waals surface area contributed by atoms with Crippen LogP contribution in [-0.2, 0) is 34.2 Å². The zero-order chi connectivity index (χ0) is 23.7. The van der Waals surface area contributed by atoms with Crippen molar-refractivity contribution < 1.29 is 28.9 Å². The molecule has 0 unspecified atom stereocenters. The molecule has 6 aromatic rings. The normalized spacial score (nSPS) is 10.6. The number of imidazole rings is 2. The average molecular weight is 644 g/mol. The van der Waals surface area contributed by atoms with Crippen molar-refractivity contribution in [2.75, 3.05) is 0 Å². The standard InChI is InChI=1S/C14H11FN2.C14H10FN2.Ir/c2*1-17-13-5-3-2-4-12(13)16-14(17)10-6-8-11(15)9-7-10;/h2-9H,1H3;2-6,8-9H,1H3;/q;-1;. The van der Waals surface area contributed by atoms with Crippen molar-refractivity contribution in [3.8, 4) is 22.8 Å². The fourth-order valence-corrected chi connectivity index (χ4v) is 3.93. The molecule has 4 nitrogen and oxygen atoms in total. The molecule has 0 amide bonds. The molecule has 0 aliphatic rings. The molecule has 0 aliphatic heterocycles. The molecule has 0 N–H and O–H groups in total. The summed E-state index contributed by atoms with van der Waals surface area (Å²) in [5, 5.41) is 0. The van der Waals surface area contributed by atoms with Crippen molar-refractivity contribution in [2.24, 2.45) is 14.1 Å². The molecule has 0 saturated carbocycles. The Bertz CT molecular complexity index is 1460. The molecule has 4 aromatic carbocycles. The van der Waals surface area contributed by atoms with E-state index in [0.717, 1.165) is 44.8 Å². The molecule has 6 rings (SSSR count). The van der Waals surface area contributed by atoms with E-state index in [9.17, 15) is 8.78 Å².